The smallest absolute Gasteiger partial charge is 0.177 e. The Morgan fingerprint density at radius 3 is 3.00 bits per heavy atom. The van der Waals surface area contributed by atoms with Gasteiger partial charge in [-0.05, 0) is 36.6 Å². The van der Waals surface area contributed by atoms with Crippen LogP contribution in [-0.4, -0.2) is 15.0 Å². The Kier molecular flexibility index (Phi) is 2.38. The van der Waals surface area contributed by atoms with Crippen LogP contribution in [-0.2, 0) is 6.42 Å². The maximum Gasteiger partial charge on any atom is 0.177 e. The van der Waals surface area contributed by atoms with Gasteiger partial charge in [0.2, 0.25) is 0 Å². The normalized spacial score (nSPS) is 17.8. The number of benzene rings is 1. The van der Waals surface area contributed by atoms with E-state index in [2.05, 4.69) is 46.1 Å². The zero-order valence-electron chi connectivity index (χ0n) is 10.6. The monoisotopic (exact) mass is 267 g/mol. The van der Waals surface area contributed by atoms with Crippen LogP contribution in [0.15, 0.2) is 41.4 Å². The Hall–Kier alpha value is -1.81. The Labute approximate surface area is 115 Å². The Balaban J connectivity index is 1.75. The van der Waals surface area contributed by atoms with E-state index in [0.717, 1.165) is 23.4 Å². The molecule has 0 fully saturated rings. The maximum absolute atomic E-state index is 4.65. The van der Waals surface area contributed by atoms with E-state index in [0.29, 0.717) is 5.25 Å². The number of rotatable bonds is 1. The molecule has 0 saturated carbocycles. The van der Waals surface area contributed by atoms with E-state index in [1.54, 1.807) is 0 Å². The number of hydrogen-bond donors (Lipinski definition) is 1. The van der Waals surface area contributed by atoms with E-state index in [-0.39, 0.29) is 0 Å². The van der Waals surface area contributed by atoms with Crippen LogP contribution in [0.2, 0.25) is 0 Å². The second-order valence-electron chi connectivity index (χ2n) is 4.87. The lowest BCUT2D eigenvalue weighted by Gasteiger charge is -2.02. The molecular weight excluding hydrogens is 254 g/mol. The zero-order valence-corrected chi connectivity index (χ0v) is 11.4. The molecule has 1 aliphatic rings. The van der Waals surface area contributed by atoms with Gasteiger partial charge in [-0.3, -0.25) is 0 Å². The van der Waals surface area contributed by atoms with E-state index in [1.807, 2.05) is 24.0 Å². The second kappa shape index (κ2) is 4.10. The van der Waals surface area contributed by atoms with Crippen LogP contribution in [0.25, 0.3) is 11.2 Å². The zero-order chi connectivity index (χ0) is 12.8. The number of thioether (sulfide) groups is 1. The predicted molar refractivity (Wildman–Crippen MR) is 77.4 cm³/mol. The number of aromatic nitrogens is 3. The molecule has 2 aromatic heterocycles. The number of nitrogens with one attached hydrogen (secondary N) is 1. The van der Waals surface area contributed by atoms with Gasteiger partial charge in [-0.15, -0.1) is 11.8 Å². The number of pyridine rings is 1. The largest absolute Gasteiger partial charge is 0.339 e. The second-order valence-corrected chi connectivity index (χ2v) is 6.11. The fourth-order valence-corrected chi connectivity index (χ4v) is 3.79. The molecule has 0 bridgehead atoms. The van der Waals surface area contributed by atoms with Gasteiger partial charge < -0.3 is 4.98 Å². The number of imidazole rings is 1. The first kappa shape index (κ1) is 11.1. The summed E-state index contributed by atoms with van der Waals surface area (Å²) >= 11 is 1.89. The first-order valence-electron chi connectivity index (χ1n) is 6.37. The fraction of sp³-hybridized carbons (Fsp3) is 0.200. The standard InChI is InChI=1S/C15H13N3S/c1-9-6-7-16-15-13(9)17-14(18-15)12-8-10-4-2-3-5-11(10)19-12/h2-7,12H,8H2,1H3,(H,16,17,18). The van der Waals surface area contributed by atoms with Crippen molar-refractivity contribution in [3.8, 4) is 0 Å². The van der Waals surface area contributed by atoms with Crippen LogP contribution in [0, 0.1) is 6.92 Å². The Morgan fingerprint density at radius 2 is 2.16 bits per heavy atom. The molecule has 1 aromatic carbocycles. The lowest BCUT2D eigenvalue weighted by atomic mass is 10.1. The van der Waals surface area contributed by atoms with Gasteiger partial charge in [-0.1, -0.05) is 18.2 Å². The van der Waals surface area contributed by atoms with E-state index >= 15 is 0 Å². The molecule has 4 rings (SSSR count). The average molecular weight is 267 g/mol. The van der Waals surface area contributed by atoms with Crippen molar-refractivity contribution < 1.29 is 0 Å². The minimum Gasteiger partial charge on any atom is -0.339 e. The molecule has 3 nitrogen and oxygen atoms in total. The minimum atomic E-state index is 0.381. The number of fused-ring (bicyclic) bond motifs is 2. The predicted octanol–water partition coefficient (Wildman–Crippen LogP) is 3.66. The molecule has 1 unspecified atom stereocenters. The lowest BCUT2D eigenvalue weighted by molar-refractivity contribution is 0.879. The van der Waals surface area contributed by atoms with E-state index in [1.165, 1.54) is 16.0 Å². The quantitative estimate of drug-likeness (QED) is 0.731. The molecule has 3 heterocycles. The number of hydrogen-bond acceptors (Lipinski definition) is 3. The summed E-state index contributed by atoms with van der Waals surface area (Å²) in [6.45, 7) is 2.09. The molecule has 1 N–H and O–H groups in total. The first-order valence-corrected chi connectivity index (χ1v) is 7.25. The molecule has 3 aromatic rings. The molecule has 1 aliphatic heterocycles. The first-order chi connectivity index (χ1) is 9.31. The van der Waals surface area contributed by atoms with Gasteiger partial charge in [0.15, 0.2) is 5.65 Å². The summed E-state index contributed by atoms with van der Waals surface area (Å²) in [4.78, 5) is 13.8. The van der Waals surface area contributed by atoms with Crippen LogP contribution >= 0.6 is 11.8 Å². The summed E-state index contributed by atoms with van der Waals surface area (Å²) in [6, 6.07) is 10.6. The van der Waals surface area contributed by atoms with Crippen molar-refractivity contribution >= 4 is 22.9 Å². The summed E-state index contributed by atoms with van der Waals surface area (Å²) in [6.07, 6.45) is 2.86. The van der Waals surface area contributed by atoms with Crippen LogP contribution in [0.4, 0.5) is 0 Å². The van der Waals surface area contributed by atoms with Crippen molar-refractivity contribution in [1.29, 1.82) is 0 Å². The van der Waals surface area contributed by atoms with Crippen LogP contribution in [0.3, 0.4) is 0 Å². The molecule has 0 amide bonds. The van der Waals surface area contributed by atoms with E-state index in [9.17, 15) is 0 Å². The summed E-state index contributed by atoms with van der Waals surface area (Å²) in [5.74, 6) is 1.04. The van der Waals surface area contributed by atoms with E-state index < -0.39 is 0 Å². The van der Waals surface area contributed by atoms with Gasteiger partial charge in [0.1, 0.15) is 5.82 Å². The Bertz CT molecular complexity index is 738. The highest BCUT2D eigenvalue weighted by atomic mass is 32.2. The molecule has 0 aliphatic carbocycles. The number of nitrogens with zero attached hydrogens (tertiary/aromatic N) is 2. The SMILES string of the molecule is Cc1ccnc2nc(C3Cc4ccccc4S3)[nH]c12. The number of H-pyrrole nitrogens is 1. The molecule has 94 valence electrons. The summed E-state index contributed by atoms with van der Waals surface area (Å²) in [5, 5.41) is 0.381. The van der Waals surface area contributed by atoms with Gasteiger partial charge >= 0.3 is 0 Å². The molecule has 0 spiro atoms. The van der Waals surface area contributed by atoms with Crippen molar-refractivity contribution in [1.82, 2.24) is 15.0 Å². The lowest BCUT2D eigenvalue weighted by Crippen LogP contribution is -1.94. The van der Waals surface area contributed by atoms with Gasteiger partial charge in [-0.2, -0.15) is 0 Å². The van der Waals surface area contributed by atoms with Gasteiger partial charge in [0, 0.05) is 11.1 Å². The van der Waals surface area contributed by atoms with Gasteiger partial charge in [0.25, 0.3) is 0 Å². The number of aromatic amines is 1. The molecule has 1 atom stereocenters. The van der Waals surface area contributed by atoms with Crippen molar-refractivity contribution in [2.24, 2.45) is 0 Å². The summed E-state index contributed by atoms with van der Waals surface area (Å²) in [7, 11) is 0. The third-order valence-corrected chi connectivity index (χ3v) is 4.90. The van der Waals surface area contributed by atoms with Gasteiger partial charge in [0.05, 0.1) is 10.8 Å². The van der Waals surface area contributed by atoms with Crippen molar-refractivity contribution in [2.45, 2.75) is 23.5 Å². The van der Waals surface area contributed by atoms with E-state index in [4.69, 9.17) is 0 Å². The van der Waals surface area contributed by atoms with Crippen LogP contribution < -0.4 is 0 Å². The van der Waals surface area contributed by atoms with Crippen molar-refractivity contribution in [3.05, 3.63) is 53.5 Å². The molecule has 0 saturated heterocycles. The Morgan fingerprint density at radius 1 is 1.26 bits per heavy atom. The van der Waals surface area contributed by atoms with Crippen molar-refractivity contribution in [2.75, 3.05) is 0 Å². The van der Waals surface area contributed by atoms with Gasteiger partial charge in [-0.25, -0.2) is 9.97 Å². The highest BCUT2D eigenvalue weighted by Crippen LogP contribution is 2.45. The summed E-state index contributed by atoms with van der Waals surface area (Å²) in [5.41, 5.74) is 4.51. The number of aryl methyl sites for hydroxylation is 1. The highest BCUT2D eigenvalue weighted by molar-refractivity contribution is 7.99. The molecular formula is C15H13N3S. The van der Waals surface area contributed by atoms with Crippen LogP contribution in [0.5, 0.6) is 0 Å². The molecule has 4 heteroatoms. The third-order valence-electron chi connectivity index (χ3n) is 3.57. The summed E-state index contributed by atoms with van der Waals surface area (Å²) < 4.78 is 0. The fourth-order valence-electron chi connectivity index (χ4n) is 2.54. The average Bonchev–Trinajstić information content (AvgIpc) is 3.02. The van der Waals surface area contributed by atoms with Crippen LogP contribution in [0.1, 0.15) is 22.2 Å². The molecule has 0 radical (unpaired) electrons. The highest BCUT2D eigenvalue weighted by Gasteiger charge is 2.26. The minimum absolute atomic E-state index is 0.381. The topological polar surface area (TPSA) is 41.6 Å². The maximum atomic E-state index is 4.65. The van der Waals surface area contributed by atoms with Crippen molar-refractivity contribution in [3.63, 3.8) is 0 Å². The molecule has 19 heavy (non-hydrogen) atoms. The third kappa shape index (κ3) is 1.75.